The minimum absolute atomic E-state index is 0.0762. The number of benzene rings is 2. The van der Waals surface area contributed by atoms with Crippen LogP contribution in [0, 0.1) is 6.92 Å². The van der Waals surface area contributed by atoms with Gasteiger partial charge in [-0.15, -0.1) is 0 Å². The number of nitrogens with zero attached hydrogens (tertiary/aromatic N) is 2. The van der Waals surface area contributed by atoms with Crippen LogP contribution < -0.4 is 0 Å². The summed E-state index contributed by atoms with van der Waals surface area (Å²) in [6, 6.07) is 15.2. The maximum atomic E-state index is 12.6. The van der Waals surface area contributed by atoms with Crippen molar-refractivity contribution in [2.24, 2.45) is 0 Å². The molecular formula is C20H22N2O3. The molecule has 25 heavy (non-hydrogen) atoms. The van der Waals surface area contributed by atoms with Crippen LogP contribution in [-0.4, -0.2) is 34.2 Å². The number of hydrogen-bond donors (Lipinski definition) is 1. The average Bonchev–Trinajstić information content (AvgIpc) is 3.03. The Kier molecular flexibility index (Phi) is 5.14. The number of aliphatic hydroxyl groups is 1. The molecule has 5 nitrogen and oxygen atoms in total. The lowest BCUT2D eigenvalue weighted by Gasteiger charge is -2.24. The highest BCUT2D eigenvalue weighted by atomic mass is 16.5. The molecule has 1 amide bonds. The van der Waals surface area contributed by atoms with Crippen molar-refractivity contribution in [1.29, 1.82) is 0 Å². The quantitative estimate of drug-likeness (QED) is 0.749. The second-order valence-corrected chi connectivity index (χ2v) is 6.16. The standard InChI is InChI=1S/C20H22N2O3/c1-3-22(13-18(23)15-10-8-14(2)9-11-15)20(24)12-17-16-6-4-5-7-19(16)25-21-17/h4-11,18,23H,3,12-13H2,1-2H3. The van der Waals surface area contributed by atoms with E-state index in [4.69, 9.17) is 4.52 Å². The van der Waals surface area contributed by atoms with Gasteiger partial charge in [0, 0.05) is 11.9 Å². The fourth-order valence-electron chi connectivity index (χ4n) is 2.83. The van der Waals surface area contributed by atoms with Gasteiger partial charge in [0.2, 0.25) is 5.91 Å². The third kappa shape index (κ3) is 3.88. The van der Waals surface area contributed by atoms with E-state index in [2.05, 4.69) is 5.16 Å². The molecular weight excluding hydrogens is 316 g/mol. The topological polar surface area (TPSA) is 66.6 Å². The molecule has 0 aliphatic rings. The van der Waals surface area contributed by atoms with Gasteiger partial charge < -0.3 is 14.5 Å². The molecule has 0 saturated heterocycles. The van der Waals surface area contributed by atoms with Crippen molar-refractivity contribution in [1.82, 2.24) is 10.1 Å². The van der Waals surface area contributed by atoms with Crippen molar-refractivity contribution in [3.05, 3.63) is 65.4 Å². The molecule has 5 heteroatoms. The lowest BCUT2D eigenvalue weighted by Crippen LogP contribution is -2.35. The summed E-state index contributed by atoms with van der Waals surface area (Å²) in [6.45, 7) is 4.69. The van der Waals surface area contributed by atoms with Gasteiger partial charge in [-0.1, -0.05) is 47.1 Å². The molecule has 0 radical (unpaired) electrons. The molecule has 0 aliphatic heterocycles. The lowest BCUT2D eigenvalue weighted by atomic mass is 10.1. The van der Waals surface area contributed by atoms with Crippen LogP contribution in [0.2, 0.25) is 0 Å². The number of fused-ring (bicyclic) bond motifs is 1. The molecule has 3 aromatic rings. The predicted molar refractivity (Wildman–Crippen MR) is 96.1 cm³/mol. The highest BCUT2D eigenvalue weighted by molar-refractivity contribution is 5.86. The monoisotopic (exact) mass is 338 g/mol. The molecule has 1 aromatic heterocycles. The van der Waals surface area contributed by atoms with Gasteiger partial charge in [0.05, 0.1) is 19.1 Å². The van der Waals surface area contributed by atoms with E-state index in [9.17, 15) is 9.90 Å². The van der Waals surface area contributed by atoms with Crippen molar-refractivity contribution in [2.45, 2.75) is 26.4 Å². The fraction of sp³-hybridized carbons (Fsp3) is 0.300. The van der Waals surface area contributed by atoms with Crippen LogP contribution >= 0.6 is 0 Å². The van der Waals surface area contributed by atoms with Crippen molar-refractivity contribution in [3.63, 3.8) is 0 Å². The molecule has 1 heterocycles. The third-order valence-corrected chi connectivity index (χ3v) is 4.36. The zero-order valence-corrected chi connectivity index (χ0v) is 14.5. The van der Waals surface area contributed by atoms with Crippen LogP contribution in [0.15, 0.2) is 53.1 Å². The summed E-state index contributed by atoms with van der Waals surface area (Å²) in [5.74, 6) is -0.0762. The van der Waals surface area contributed by atoms with Crippen LogP contribution in [0.25, 0.3) is 11.0 Å². The Morgan fingerprint density at radius 2 is 1.92 bits per heavy atom. The number of carbonyl (C=O) groups is 1. The number of amides is 1. The molecule has 0 spiro atoms. The Morgan fingerprint density at radius 3 is 2.64 bits per heavy atom. The Balaban J connectivity index is 1.69. The number of aliphatic hydroxyl groups excluding tert-OH is 1. The highest BCUT2D eigenvalue weighted by Crippen LogP contribution is 2.20. The largest absolute Gasteiger partial charge is 0.387 e. The summed E-state index contributed by atoms with van der Waals surface area (Å²) < 4.78 is 5.25. The molecule has 0 saturated carbocycles. The molecule has 1 N–H and O–H groups in total. The molecule has 1 unspecified atom stereocenters. The van der Waals surface area contributed by atoms with Gasteiger partial charge in [0.25, 0.3) is 0 Å². The van der Waals surface area contributed by atoms with E-state index in [0.717, 1.165) is 16.5 Å². The van der Waals surface area contributed by atoms with Crippen molar-refractivity contribution < 1.29 is 14.4 Å². The summed E-state index contributed by atoms with van der Waals surface area (Å²) in [6.07, 6.45) is -0.551. The van der Waals surface area contributed by atoms with Gasteiger partial charge in [-0.05, 0) is 31.5 Å². The van der Waals surface area contributed by atoms with Gasteiger partial charge in [0.15, 0.2) is 5.58 Å². The Labute approximate surface area is 146 Å². The average molecular weight is 338 g/mol. The van der Waals surface area contributed by atoms with E-state index in [0.29, 0.717) is 17.8 Å². The normalized spacial score (nSPS) is 12.3. The first kappa shape index (κ1) is 17.2. The van der Waals surface area contributed by atoms with Gasteiger partial charge in [0.1, 0.15) is 5.69 Å². The first-order chi connectivity index (χ1) is 12.1. The van der Waals surface area contributed by atoms with E-state index in [1.807, 2.05) is 62.4 Å². The Bertz CT molecular complexity index is 855. The number of para-hydroxylation sites is 1. The molecule has 0 aliphatic carbocycles. The number of hydrogen-bond acceptors (Lipinski definition) is 4. The lowest BCUT2D eigenvalue weighted by molar-refractivity contribution is -0.131. The van der Waals surface area contributed by atoms with Crippen molar-refractivity contribution in [3.8, 4) is 0 Å². The minimum atomic E-state index is -0.710. The van der Waals surface area contributed by atoms with Crippen LogP contribution in [-0.2, 0) is 11.2 Å². The van der Waals surface area contributed by atoms with Gasteiger partial charge in [-0.2, -0.15) is 0 Å². The summed E-state index contributed by atoms with van der Waals surface area (Å²) in [5, 5.41) is 15.3. The van der Waals surface area contributed by atoms with Crippen LogP contribution in [0.4, 0.5) is 0 Å². The maximum Gasteiger partial charge on any atom is 0.228 e. The highest BCUT2D eigenvalue weighted by Gasteiger charge is 2.20. The number of likely N-dealkylation sites (N-methyl/N-ethyl adjacent to an activating group) is 1. The first-order valence-corrected chi connectivity index (χ1v) is 8.44. The second kappa shape index (κ2) is 7.49. The molecule has 1 atom stereocenters. The predicted octanol–water partition coefficient (Wildman–Crippen LogP) is 3.26. The SMILES string of the molecule is CCN(CC(O)c1ccc(C)cc1)C(=O)Cc1noc2ccccc12. The number of carbonyl (C=O) groups excluding carboxylic acids is 1. The van der Waals surface area contributed by atoms with E-state index < -0.39 is 6.10 Å². The molecule has 2 aromatic carbocycles. The number of aromatic nitrogens is 1. The second-order valence-electron chi connectivity index (χ2n) is 6.16. The van der Waals surface area contributed by atoms with E-state index >= 15 is 0 Å². The van der Waals surface area contributed by atoms with Gasteiger partial charge in [-0.25, -0.2) is 0 Å². The minimum Gasteiger partial charge on any atom is -0.387 e. The van der Waals surface area contributed by atoms with Gasteiger partial charge >= 0.3 is 0 Å². The van der Waals surface area contributed by atoms with Crippen molar-refractivity contribution in [2.75, 3.05) is 13.1 Å². The zero-order valence-electron chi connectivity index (χ0n) is 14.5. The number of rotatable bonds is 6. The summed E-state index contributed by atoms with van der Waals surface area (Å²) >= 11 is 0. The van der Waals surface area contributed by atoms with Crippen LogP contribution in [0.5, 0.6) is 0 Å². The van der Waals surface area contributed by atoms with E-state index in [1.165, 1.54) is 0 Å². The summed E-state index contributed by atoms with van der Waals surface area (Å²) in [4.78, 5) is 14.3. The third-order valence-electron chi connectivity index (χ3n) is 4.36. The molecule has 0 fully saturated rings. The molecule has 0 bridgehead atoms. The maximum absolute atomic E-state index is 12.6. The number of aryl methyl sites for hydroxylation is 1. The van der Waals surface area contributed by atoms with Crippen molar-refractivity contribution >= 4 is 16.9 Å². The van der Waals surface area contributed by atoms with Crippen LogP contribution in [0.3, 0.4) is 0 Å². The molecule has 3 rings (SSSR count). The summed E-state index contributed by atoms with van der Waals surface area (Å²) in [5.41, 5.74) is 3.25. The van der Waals surface area contributed by atoms with Crippen LogP contribution in [0.1, 0.15) is 29.8 Å². The summed E-state index contributed by atoms with van der Waals surface area (Å²) in [7, 11) is 0. The van der Waals surface area contributed by atoms with Gasteiger partial charge in [-0.3, -0.25) is 4.79 Å². The fourth-order valence-corrected chi connectivity index (χ4v) is 2.83. The van der Waals surface area contributed by atoms with E-state index in [-0.39, 0.29) is 18.9 Å². The molecule has 130 valence electrons. The Hall–Kier alpha value is -2.66. The smallest absolute Gasteiger partial charge is 0.228 e. The zero-order chi connectivity index (χ0) is 17.8. The first-order valence-electron chi connectivity index (χ1n) is 8.44. The Morgan fingerprint density at radius 1 is 1.20 bits per heavy atom. The van der Waals surface area contributed by atoms with E-state index in [1.54, 1.807) is 4.90 Å².